The van der Waals surface area contributed by atoms with Crippen LogP contribution in [0.5, 0.6) is 0 Å². The number of carboxylic acids is 1. The minimum atomic E-state index is -1.08. The first-order chi connectivity index (χ1) is 11.5. The molecular formula is C20H34O4. The molecule has 0 aliphatic heterocycles. The molecule has 0 radical (unpaired) electrons. The molecule has 4 nitrogen and oxygen atoms in total. The zero-order valence-corrected chi connectivity index (χ0v) is 15.7. The maximum absolute atomic E-state index is 12.9. The fourth-order valence-corrected chi connectivity index (χ4v) is 3.71. The predicted octanol–water partition coefficient (Wildman–Crippen LogP) is 5.26. The first-order valence-corrected chi connectivity index (χ1v) is 9.66. The monoisotopic (exact) mass is 338 g/mol. The number of aliphatic carboxylic acids is 1. The molecule has 0 aromatic heterocycles. The van der Waals surface area contributed by atoms with Crippen LogP contribution >= 0.6 is 0 Å². The number of carboxylic acid groups (broad SMARTS) is 1. The molecule has 1 unspecified atom stereocenters. The summed E-state index contributed by atoms with van der Waals surface area (Å²) in [4.78, 5) is 25.2. The summed E-state index contributed by atoms with van der Waals surface area (Å²) in [7, 11) is 0. The van der Waals surface area contributed by atoms with Crippen molar-refractivity contribution in [1.29, 1.82) is 0 Å². The molecule has 1 atom stereocenters. The molecule has 1 rings (SSSR count). The highest BCUT2D eigenvalue weighted by atomic mass is 16.5. The van der Waals surface area contributed by atoms with Gasteiger partial charge in [-0.25, -0.2) is 4.79 Å². The van der Waals surface area contributed by atoms with Gasteiger partial charge in [0, 0.05) is 0 Å². The van der Waals surface area contributed by atoms with Gasteiger partial charge >= 0.3 is 11.9 Å². The van der Waals surface area contributed by atoms with Crippen LogP contribution in [0.25, 0.3) is 0 Å². The van der Waals surface area contributed by atoms with Crippen LogP contribution in [0.1, 0.15) is 91.4 Å². The molecule has 24 heavy (non-hydrogen) atoms. The molecule has 0 heterocycles. The van der Waals surface area contributed by atoms with Crippen molar-refractivity contribution in [3.8, 4) is 0 Å². The number of hydrogen-bond donors (Lipinski definition) is 1. The van der Waals surface area contributed by atoms with Crippen molar-refractivity contribution in [1.82, 2.24) is 0 Å². The van der Waals surface area contributed by atoms with Crippen LogP contribution in [0.4, 0.5) is 0 Å². The SMILES string of the molecule is CCCCOC(=O)C(=C1CCCC1)C(CCC)(CCCC)C(=O)O. The first kappa shape index (κ1) is 20.7. The molecule has 0 spiro atoms. The number of allylic oxidation sites excluding steroid dienone is 1. The maximum Gasteiger partial charge on any atom is 0.335 e. The summed E-state index contributed by atoms with van der Waals surface area (Å²) in [6.45, 7) is 6.47. The molecule has 0 aromatic rings. The molecule has 1 aliphatic rings. The summed E-state index contributed by atoms with van der Waals surface area (Å²) in [6.07, 6.45) is 9.02. The smallest absolute Gasteiger partial charge is 0.335 e. The number of carbonyl (C=O) groups is 2. The van der Waals surface area contributed by atoms with Crippen molar-refractivity contribution < 1.29 is 19.4 Å². The highest BCUT2D eigenvalue weighted by Gasteiger charge is 2.46. The number of esters is 1. The van der Waals surface area contributed by atoms with Crippen molar-refractivity contribution >= 4 is 11.9 Å². The van der Waals surface area contributed by atoms with E-state index in [1.165, 1.54) is 0 Å². The van der Waals surface area contributed by atoms with E-state index in [1.54, 1.807) is 0 Å². The normalized spacial score (nSPS) is 16.7. The van der Waals surface area contributed by atoms with E-state index in [2.05, 4.69) is 6.92 Å². The van der Waals surface area contributed by atoms with Gasteiger partial charge in [0.05, 0.1) is 17.6 Å². The van der Waals surface area contributed by atoms with Crippen LogP contribution in [-0.2, 0) is 14.3 Å². The Balaban J connectivity index is 3.26. The first-order valence-electron chi connectivity index (χ1n) is 9.66. The number of rotatable bonds is 11. The second-order valence-electron chi connectivity index (χ2n) is 6.92. The van der Waals surface area contributed by atoms with Crippen molar-refractivity contribution in [3.63, 3.8) is 0 Å². The van der Waals surface area contributed by atoms with E-state index in [0.29, 0.717) is 25.0 Å². The lowest BCUT2D eigenvalue weighted by atomic mass is 9.70. The topological polar surface area (TPSA) is 63.6 Å². The minimum Gasteiger partial charge on any atom is -0.481 e. The molecule has 1 aliphatic carbocycles. The van der Waals surface area contributed by atoms with Crippen molar-refractivity contribution in [2.45, 2.75) is 91.4 Å². The van der Waals surface area contributed by atoms with Gasteiger partial charge in [0.2, 0.25) is 0 Å². The Hall–Kier alpha value is -1.32. The summed E-state index contributed by atoms with van der Waals surface area (Å²) in [6, 6.07) is 0. The molecular weight excluding hydrogens is 304 g/mol. The molecule has 0 saturated heterocycles. The molecule has 4 heteroatoms. The molecule has 1 N–H and O–H groups in total. The predicted molar refractivity (Wildman–Crippen MR) is 95.9 cm³/mol. The summed E-state index contributed by atoms with van der Waals surface area (Å²) in [5.41, 5.74) is 0.440. The van der Waals surface area contributed by atoms with Gasteiger partial charge in [-0.1, -0.05) is 52.0 Å². The number of ether oxygens (including phenoxy) is 1. The summed E-state index contributed by atoms with van der Waals surface area (Å²) < 4.78 is 5.48. The summed E-state index contributed by atoms with van der Waals surface area (Å²) >= 11 is 0. The van der Waals surface area contributed by atoms with E-state index in [4.69, 9.17) is 4.74 Å². The van der Waals surface area contributed by atoms with Gasteiger partial charge in [0.25, 0.3) is 0 Å². The number of unbranched alkanes of at least 4 members (excludes halogenated alkanes) is 2. The standard InChI is InChI=1S/C20H34O4/c1-4-7-14-20(13-6-3,19(22)23)17(16-11-9-10-12-16)18(21)24-15-8-5-2/h4-15H2,1-3H3,(H,22,23). The van der Waals surface area contributed by atoms with Gasteiger partial charge in [-0.3, -0.25) is 4.79 Å². The number of carbonyl (C=O) groups excluding carboxylic acids is 1. The fraction of sp³-hybridized carbons (Fsp3) is 0.800. The van der Waals surface area contributed by atoms with Gasteiger partial charge in [-0.15, -0.1) is 0 Å². The van der Waals surface area contributed by atoms with Crippen molar-refractivity contribution in [2.24, 2.45) is 5.41 Å². The van der Waals surface area contributed by atoms with E-state index in [1.807, 2.05) is 13.8 Å². The van der Waals surface area contributed by atoms with E-state index in [-0.39, 0.29) is 5.97 Å². The van der Waals surface area contributed by atoms with Gasteiger partial charge in [0.1, 0.15) is 0 Å². The Bertz CT molecular complexity index is 445. The Labute approximate surface area is 146 Å². The fourth-order valence-electron chi connectivity index (χ4n) is 3.71. The van der Waals surface area contributed by atoms with E-state index in [9.17, 15) is 14.7 Å². The Kier molecular flexibility index (Phi) is 9.09. The zero-order valence-electron chi connectivity index (χ0n) is 15.7. The molecule has 138 valence electrons. The molecule has 1 fully saturated rings. The molecule has 0 amide bonds. The van der Waals surface area contributed by atoms with Crippen LogP contribution in [0.15, 0.2) is 11.1 Å². The zero-order chi connectivity index (χ0) is 18.0. The lowest BCUT2D eigenvalue weighted by Crippen LogP contribution is -2.38. The van der Waals surface area contributed by atoms with Crippen LogP contribution in [0, 0.1) is 5.41 Å². The summed E-state index contributed by atoms with van der Waals surface area (Å²) in [5, 5.41) is 10.1. The third-order valence-corrected chi connectivity index (χ3v) is 5.02. The second-order valence-corrected chi connectivity index (χ2v) is 6.92. The summed E-state index contributed by atoms with van der Waals surface area (Å²) in [5.74, 6) is -1.24. The number of hydrogen-bond acceptors (Lipinski definition) is 3. The Morgan fingerprint density at radius 1 is 1.00 bits per heavy atom. The average molecular weight is 338 g/mol. The van der Waals surface area contributed by atoms with Gasteiger partial charge in [-0.2, -0.15) is 0 Å². The van der Waals surface area contributed by atoms with Crippen molar-refractivity contribution in [2.75, 3.05) is 6.61 Å². The average Bonchev–Trinajstić information content (AvgIpc) is 3.06. The molecule has 1 saturated carbocycles. The van der Waals surface area contributed by atoms with Crippen molar-refractivity contribution in [3.05, 3.63) is 11.1 Å². The minimum absolute atomic E-state index is 0.377. The highest BCUT2D eigenvalue weighted by Crippen LogP contribution is 2.44. The van der Waals surface area contributed by atoms with Crippen LogP contribution in [0.3, 0.4) is 0 Å². The van der Waals surface area contributed by atoms with E-state index < -0.39 is 11.4 Å². The van der Waals surface area contributed by atoms with Gasteiger partial charge < -0.3 is 9.84 Å². The van der Waals surface area contributed by atoms with Crippen LogP contribution in [0.2, 0.25) is 0 Å². The van der Waals surface area contributed by atoms with Gasteiger partial charge in [-0.05, 0) is 44.9 Å². The molecule has 0 bridgehead atoms. The van der Waals surface area contributed by atoms with Gasteiger partial charge in [0.15, 0.2) is 0 Å². The van der Waals surface area contributed by atoms with E-state index >= 15 is 0 Å². The lowest BCUT2D eigenvalue weighted by Gasteiger charge is -2.32. The third-order valence-electron chi connectivity index (χ3n) is 5.02. The lowest BCUT2D eigenvalue weighted by molar-refractivity contribution is -0.152. The molecule has 0 aromatic carbocycles. The van der Waals surface area contributed by atoms with E-state index in [0.717, 1.165) is 63.4 Å². The largest absolute Gasteiger partial charge is 0.481 e. The van der Waals surface area contributed by atoms with Crippen LogP contribution in [-0.4, -0.2) is 23.7 Å². The highest BCUT2D eigenvalue weighted by molar-refractivity contribution is 5.98. The Morgan fingerprint density at radius 2 is 1.62 bits per heavy atom. The third kappa shape index (κ3) is 5.09. The maximum atomic E-state index is 12.9. The second kappa shape index (κ2) is 10.5. The Morgan fingerprint density at radius 3 is 2.12 bits per heavy atom. The van der Waals surface area contributed by atoms with Crippen LogP contribution < -0.4 is 0 Å². The quantitative estimate of drug-likeness (QED) is 0.317.